The van der Waals surface area contributed by atoms with Crippen molar-refractivity contribution in [2.24, 2.45) is 0 Å². The van der Waals surface area contributed by atoms with E-state index in [1.807, 2.05) is 18.2 Å². The molecule has 6 heteroatoms. The molecule has 0 amide bonds. The summed E-state index contributed by atoms with van der Waals surface area (Å²) in [5.41, 5.74) is 1.01. The molecular weight excluding hydrogens is 322 g/mol. The Morgan fingerprint density at radius 1 is 1.45 bits per heavy atom. The van der Waals surface area contributed by atoms with Crippen molar-refractivity contribution in [3.63, 3.8) is 0 Å². The average Bonchev–Trinajstić information content (AvgIpc) is 2.84. The minimum absolute atomic E-state index is 0.249. The first-order valence-corrected chi connectivity index (χ1v) is 6.83. The van der Waals surface area contributed by atoms with E-state index in [2.05, 4.69) is 37.3 Å². The lowest BCUT2D eigenvalue weighted by atomic mass is 10.2. The molecule has 0 saturated carbocycles. The minimum atomic E-state index is 0.249. The van der Waals surface area contributed by atoms with E-state index in [0.717, 1.165) is 15.8 Å². The number of halogens is 1. The Morgan fingerprint density at radius 2 is 2.30 bits per heavy atom. The lowest BCUT2D eigenvalue weighted by Gasteiger charge is -2.10. The Labute approximate surface area is 125 Å². The van der Waals surface area contributed by atoms with Gasteiger partial charge in [0.15, 0.2) is 5.82 Å². The highest BCUT2D eigenvalue weighted by molar-refractivity contribution is 9.10. The van der Waals surface area contributed by atoms with E-state index in [1.165, 1.54) is 0 Å². The molecule has 0 radical (unpaired) electrons. The van der Waals surface area contributed by atoms with Crippen LogP contribution >= 0.6 is 15.9 Å². The summed E-state index contributed by atoms with van der Waals surface area (Å²) in [5.74, 6) is 4.41. The molecule has 0 bridgehead atoms. The lowest BCUT2D eigenvalue weighted by molar-refractivity contribution is 0.364. The molecular formula is C14H14BrN3O2. The Bertz CT molecular complexity index is 619. The van der Waals surface area contributed by atoms with Crippen LogP contribution in [-0.4, -0.2) is 16.7 Å². The zero-order chi connectivity index (χ0) is 14.4. The molecule has 2 aromatic rings. The number of hydrogen-bond acceptors (Lipinski definition) is 5. The molecule has 1 heterocycles. The summed E-state index contributed by atoms with van der Waals surface area (Å²) in [5, 5.41) is 7.06. The highest BCUT2D eigenvalue weighted by Crippen LogP contribution is 2.23. The largest absolute Gasteiger partial charge is 0.481 e. The molecule has 0 aliphatic rings. The summed E-state index contributed by atoms with van der Waals surface area (Å²) >= 11 is 3.44. The second kappa shape index (κ2) is 7.08. The summed E-state index contributed by atoms with van der Waals surface area (Å²) in [6.45, 7) is 3.15. The Balaban J connectivity index is 1.97. The highest BCUT2D eigenvalue weighted by atomic mass is 79.9. The van der Waals surface area contributed by atoms with Crippen LogP contribution in [0.1, 0.15) is 17.3 Å². The lowest BCUT2D eigenvalue weighted by Crippen LogP contribution is -2.14. The number of aryl methyl sites for hydroxylation is 1. The van der Waals surface area contributed by atoms with Crippen LogP contribution < -0.4 is 10.1 Å². The maximum Gasteiger partial charge on any atom is 0.223 e. The van der Waals surface area contributed by atoms with Gasteiger partial charge in [0, 0.05) is 23.5 Å². The van der Waals surface area contributed by atoms with Crippen LogP contribution in [0.25, 0.3) is 0 Å². The summed E-state index contributed by atoms with van der Waals surface area (Å²) in [4.78, 5) is 4.12. The van der Waals surface area contributed by atoms with Crippen molar-refractivity contribution in [1.29, 1.82) is 0 Å². The van der Waals surface area contributed by atoms with Crippen LogP contribution in [-0.2, 0) is 13.1 Å². The quantitative estimate of drug-likeness (QED) is 0.821. The van der Waals surface area contributed by atoms with Crippen LogP contribution in [0.5, 0.6) is 5.75 Å². The second-order valence-corrected chi connectivity index (χ2v) is 4.99. The Kier molecular flexibility index (Phi) is 5.16. The summed E-state index contributed by atoms with van der Waals surface area (Å²) in [6.07, 6.45) is 5.21. The fraction of sp³-hybridized carbons (Fsp3) is 0.286. The van der Waals surface area contributed by atoms with Gasteiger partial charge in [0.05, 0.1) is 6.54 Å². The molecule has 5 nitrogen and oxygen atoms in total. The van der Waals surface area contributed by atoms with E-state index in [-0.39, 0.29) is 6.61 Å². The van der Waals surface area contributed by atoms with Gasteiger partial charge in [-0.2, -0.15) is 4.98 Å². The SMILES string of the molecule is C#CCOc1ccc(Br)cc1CNCc1noc(C)n1. The molecule has 0 aliphatic carbocycles. The molecule has 0 spiro atoms. The molecule has 0 unspecified atom stereocenters. The number of aromatic nitrogens is 2. The molecule has 0 fully saturated rings. The monoisotopic (exact) mass is 335 g/mol. The standard InChI is InChI=1S/C14H14BrN3O2/c1-3-6-19-13-5-4-12(15)7-11(13)8-16-9-14-17-10(2)20-18-14/h1,4-5,7,16H,6,8-9H2,2H3. The first kappa shape index (κ1) is 14.6. The third-order valence-corrected chi connectivity index (χ3v) is 2.99. The molecule has 0 saturated heterocycles. The fourth-order valence-corrected chi connectivity index (χ4v) is 2.08. The number of nitrogens with one attached hydrogen (secondary N) is 1. The first-order chi connectivity index (χ1) is 9.69. The van der Waals surface area contributed by atoms with Crippen molar-refractivity contribution in [2.45, 2.75) is 20.0 Å². The fourth-order valence-electron chi connectivity index (χ4n) is 1.67. The predicted octanol–water partition coefficient (Wildman–Crippen LogP) is 2.44. The van der Waals surface area contributed by atoms with E-state index in [1.54, 1.807) is 6.92 Å². The normalized spacial score (nSPS) is 10.2. The van der Waals surface area contributed by atoms with Crippen LogP contribution in [0.15, 0.2) is 27.2 Å². The summed E-state index contributed by atoms with van der Waals surface area (Å²) in [6, 6.07) is 5.79. The van der Waals surface area contributed by atoms with E-state index < -0.39 is 0 Å². The number of nitrogens with zero attached hydrogens (tertiary/aromatic N) is 2. The molecule has 1 aromatic heterocycles. The van der Waals surface area contributed by atoms with Crippen molar-refractivity contribution in [3.8, 4) is 18.1 Å². The highest BCUT2D eigenvalue weighted by Gasteiger charge is 2.06. The third-order valence-electron chi connectivity index (χ3n) is 2.50. The maximum atomic E-state index is 5.50. The molecule has 1 N–H and O–H groups in total. The van der Waals surface area contributed by atoms with Crippen molar-refractivity contribution >= 4 is 15.9 Å². The van der Waals surface area contributed by atoms with E-state index in [0.29, 0.717) is 24.8 Å². The number of hydrogen-bond donors (Lipinski definition) is 1. The van der Waals surface area contributed by atoms with Gasteiger partial charge in [-0.05, 0) is 18.2 Å². The number of terminal acetylenes is 1. The first-order valence-electron chi connectivity index (χ1n) is 6.03. The van der Waals surface area contributed by atoms with Crippen LogP contribution in [0.2, 0.25) is 0 Å². The van der Waals surface area contributed by atoms with E-state index in [9.17, 15) is 0 Å². The van der Waals surface area contributed by atoms with Gasteiger partial charge in [-0.25, -0.2) is 0 Å². The maximum absolute atomic E-state index is 5.50. The zero-order valence-electron chi connectivity index (χ0n) is 11.0. The van der Waals surface area contributed by atoms with Crippen molar-refractivity contribution in [2.75, 3.05) is 6.61 Å². The van der Waals surface area contributed by atoms with Gasteiger partial charge in [0.25, 0.3) is 0 Å². The molecule has 0 aliphatic heterocycles. The molecule has 20 heavy (non-hydrogen) atoms. The molecule has 0 atom stereocenters. The van der Waals surface area contributed by atoms with Crippen LogP contribution in [0, 0.1) is 19.3 Å². The van der Waals surface area contributed by atoms with Crippen LogP contribution in [0.4, 0.5) is 0 Å². The number of ether oxygens (including phenoxy) is 1. The molecule has 104 valence electrons. The van der Waals surface area contributed by atoms with Crippen molar-refractivity contribution in [3.05, 3.63) is 40.0 Å². The predicted molar refractivity (Wildman–Crippen MR) is 78.0 cm³/mol. The van der Waals surface area contributed by atoms with Crippen molar-refractivity contribution < 1.29 is 9.26 Å². The Hall–Kier alpha value is -1.84. The third kappa shape index (κ3) is 4.08. The minimum Gasteiger partial charge on any atom is -0.481 e. The average molecular weight is 336 g/mol. The topological polar surface area (TPSA) is 60.2 Å². The van der Waals surface area contributed by atoms with Gasteiger partial charge < -0.3 is 14.6 Å². The van der Waals surface area contributed by atoms with Gasteiger partial charge in [-0.1, -0.05) is 27.0 Å². The van der Waals surface area contributed by atoms with Gasteiger partial charge in [0.2, 0.25) is 5.89 Å². The van der Waals surface area contributed by atoms with E-state index >= 15 is 0 Å². The molecule has 2 rings (SSSR count). The number of benzene rings is 1. The molecule has 1 aromatic carbocycles. The van der Waals surface area contributed by atoms with Gasteiger partial charge in [-0.3, -0.25) is 0 Å². The summed E-state index contributed by atoms with van der Waals surface area (Å²) in [7, 11) is 0. The van der Waals surface area contributed by atoms with E-state index in [4.69, 9.17) is 15.7 Å². The Morgan fingerprint density at radius 3 is 3.00 bits per heavy atom. The zero-order valence-corrected chi connectivity index (χ0v) is 12.6. The smallest absolute Gasteiger partial charge is 0.223 e. The van der Waals surface area contributed by atoms with Gasteiger partial charge in [-0.15, -0.1) is 6.42 Å². The number of rotatable bonds is 6. The van der Waals surface area contributed by atoms with Gasteiger partial charge >= 0.3 is 0 Å². The second-order valence-electron chi connectivity index (χ2n) is 4.08. The van der Waals surface area contributed by atoms with Gasteiger partial charge in [0.1, 0.15) is 12.4 Å². The summed E-state index contributed by atoms with van der Waals surface area (Å²) < 4.78 is 11.4. The van der Waals surface area contributed by atoms with Crippen molar-refractivity contribution in [1.82, 2.24) is 15.5 Å². The van der Waals surface area contributed by atoms with Crippen LogP contribution in [0.3, 0.4) is 0 Å².